The van der Waals surface area contributed by atoms with Gasteiger partial charge in [-0.25, -0.2) is 4.98 Å². The van der Waals surface area contributed by atoms with Gasteiger partial charge in [-0.2, -0.15) is 10.4 Å². The van der Waals surface area contributed by atoms with E-state index in [0.717, 1.165) is 24.2 Å². The maximum absolute atomic E-state index is 9.11. The maximum Gasteiger partial charge on any atom is 0.123 e. The van der Waals surface area contributed by atoms with Gasteiger partial charge in [0.15, 0.2) is 0 Å². The Morgan fingerprint density at radius 1 is 1.04 bits per heavy atom. The van der Waals surface area contributed by atoms with Crippen molar-refractivity contribution in [2.45, 2.75) is 44.6 Å². The average Bonchev–Trinajstić information content (AvgIpc) is 3.35. The molecule has 0 spiro atoms. The summed E-state index contributed by atoms with van der Waals surface area (Å²) in [7, 11) is 0. The van der Waals surface area contributed by atoms with Gasteiger partial charge in [0.05, 0.1) is 34.8 Å². The summed E-state index contributed by atoms with van der Waals surface area (Å²) in [6, 6.07) is 14.4. The number of pyridine rings is 1. The van der Waals surface area contributed by atoms with E-state index < -0.39 is 0 Å². The van der Waals surface area contributed by atoms with Crippen LogP contribution >= 0.6 is 0 Å². The van der Waals surface area contributed by atoms with Gasteiger partial charge >= 0.3 is 0 Å². The molecule has 1 aliphatic heterocycles. The Balaban J connectivity index is 1.58. The van der Waals surface area contributed by atoms with E-state index in [-0.39, 0.29) is 0 Å². The summed E-state index contributed by atoms with van der Waals surface area (Å²) in [5.41, 5.74) is 11.1. The van der Waals surface area contributed by atoms with E-state index >= 15 is 0 Å². The molecule has 5 nitrogen and oxygen atoms in total. The van der Waals surface area contributed by atoms with Gasteiger partial charge in [0.2, 0.25) is 0 Å². The molecule has 5 rings (SSSR count). The molecule has 0 amide bonds. The van der Waals surface area contributed by atoms with Crippen molar-refractivity contribution in [3.63, 3.8) is 0 Å². The summed E-state index contributed by atoms with van der Waals surface area (Å²) in [4.78, 5) is 4.56. The molecule has 0 bridgehead atoms. The molecule has 2 unspecified atom stereocenters. The zero-order valence-electron chi connectivity index (χ0n) is 15.3. The van der Waals surface area contributed by atoms with Crippen molar-refractivity contribution in [1.82, 2.24) is 4.98 Å². The Hall–Kier alpha value is -2.87. The topological polar surface area (TPSA) is 78.3 Å². The minimum absolute atomic E-state index is 0.404. The molecule has 0 radical (unpaired) electrons. The van der Waals surface area contributed by atoms with Gasteiger partial charge in [-0.15, -0.1) is 0 Å². The lowest BCUT2D eigenvalue weighted by atomic mass is 9.76. The van der Waals surface area contributed by atoms with Crippen molar-refractivity contribution in [1.29, 1.82) is 5.26 Å². The van der Waals surface area contributed by atoms with Crippen molar-refractivity contribution in [3.05, 3.63) is 53.2 Å². The molecule has 1 aromatic heterocycles. The quantitative estimate of drug-likeness (QED) is 0.884. The van der Waals surface area contributed by atoms with Gasteiger partial charge in [-0.05, 0) is 68.0 Å². The van der Waals surface area contributed by atoms with E-state index in [0.29, 0.717) is 29.3 Å². The van der Waals surface area contributed by atoms with Crippen molar-refractivity contribution in [2.24, 2.45) is 16.9 Å². The number of hydrogen-bond donors (Lipinski definition) is 1. The number of nitriles is 1. The zero-order chi connectivity index (χ0) is 18.4. The first kappa shape index (κ1) is 16.3. The highest BCUT2D eigenvalue weighted by molar-refractivity contribution is 6.06. The van der Waals surface area contributed by atoms with Gasteiger partial charge in [0.25, 0.3) is 0 Å². The molecule has 2 N–H and O–H groups in total. The molecule has 2 aliphatic carbocycles. The Labute approximate surface area is 159 Å². The fraction of sp³-hybridized carbons (Fsp3) is 0.409. The number of nitrogens with two attached hydrogens (primary N) is 1. The molecular weight excluding hydrogens is 334 g/mol. The van der Waals surface area contributed by atoms with E-state index in [1.807, 2.05) is 30.3 Å². The third kappa shape index (κ3) is 2.68. The molecule has 136 valence electrons. The molecule has 1 aromatic carbocycles. The summed E-state index contributed by atoms with van der Waals surface area (Å²) >= 11 is 0. The van der Waals surface area contributed by atoms with Crippen LogP contribution < -0.4 is 10.7 Å². The van der Waals surface area contributed by atoms with E-state index in [1.54, 1.807) is 0 Å². The summed E-state index contributed by atoms with van der Waals surface area (Å²) in [5.74, 6) is 1.71. The van der Waals surface area contributed by atoms with Crippen LogP contribution in [0.2, 0.25) is 0 Å². The first-order valence-corrected chi connectivity index (χ1v) is 9.88. The lowest BCUT2D eigenvalue weighted by molar-refractivity contribution is 0.353. The Morgan fingerprint density at radius 2 is 1.81 bits per heavy atom. The molecule has 0 saturated heterocycles. The van der Waals surface area contributed by atoms with Crippen LogP contribution in [0.15, 0.2) is 41.5 Å². The summed E-state index contributed by atoms with van der Waals surface area (Å²) in [6.45, 7) is 0. The standard InChI is InChI=1S/C22H23N5/c23-13-14-5-7-16(8-6-14)27-22(15-3-1-2-4-15)18-9-11-19-17(21(18)26-27)10-12-20(24)25-19/h5-8,10,12,15,18,22H,1-4,9,11H2,(H2,24,25). The predicted molar refractivity (Wildman–Crippen MR) is 106 cm³/mol. The lowest BCUT2D eigenvalue weighted by Gasteiger charge is -2.34. The van der Waals surface area contributed by atoms with Gasteiger partial charge in [0, 0.05) is 11.5 Å². The van der Waals surface area contributed by atoms with Crippen molar-refractivity contribution < 1.29 is 0 Å². The van der Waals surface area contributed by atoms with E-state index in [9.17, 15) is 0 Å². The van der Waals surface area contributed by atoms with Crippen LogP contribution in [0.4, 0.5) is 11.5 Å². The molecule has 3 aliphatic rings. The second-order valence-electron chi connectivity index (χ2n) is 7.90. The van der Waals surface area contributed by atoms with Crippen LogP contribution in [-0.2, 0) is 6.42 Å². The predicted octanol–water partition coefficient (Wildman–Crippen LogP) is 3.88. The molecule has 1 fully saturated rings. The van der Waals surface area contributed by atoms with Crippen molar-refractivity contribution in [3.8, 4) is 6.07 Å². The maximum atomic E-state index is 9.11. The highest BCUT2D eigenvalue weighted by Crippen LogP contribution is 2.44. The van der Waals surface area contributed by atoms with Gasteiger partial charge in [-0.3, -0.25) is 5.01 Å². The molecule has 2 atom stereocenters. The monoisotopic (exact) mass is 357 g/mol. The van der Waals surface area contributed by atoms with Crippen LogP contribution in [0.3, 0.4) is 0 Å². The van der Waals surface area contributed by atoms with Crippen LogP contribution in [0.5, 0.6) is 0 Å². The minimum Gasteiger partial charge on any atom is -0.384 e. The molecule has 1 saturated carbocycles. The third-order valence-electron chi connectivity index (χ3n) is 6.37. The SMILES string of the molecule is N#Cc1ccc(N2N=C3c4ccc(N)nc4CCC3C2C2CCCC2)cc1. The molecule has 2 aromatic rings. The average molecular weight is 357 g/mol. The number of benzene rings is 1. The highest BCUT2D eigenvalue weighted by atomic mass is 15.5. The number of nitrogen functional groups attached to an aromatic ring is 1. The number of hydrogen-bond acceptors (Lipinski definition) is 5. The van der Waals surface area contributed by atoms with Crippen LogP contribution in [0.25, 0.3) is 0 Å². The fourth-order valence-electron chi connectivity index (χ4n) is 5.13. The van der Waals surface area contributed by atoms with Gasteiger partial charge in [-0.1, -0.05) is 12.8 Å². The number of aryl methyl sites for hydroxylation is 1. The van der Waals surface area contributed by atoms with Gasteiger partial charge < -0.3 is 5.73 Å². The molecule has 2 heterocycles. The first-order valence-electron chi connectivity index (χ1n) is 9.88. The summed E-state index contributed by atoms with van der Waals surface area (Å²) < 4.78 is 0. The first-order chi connectivity index (χ1) is 13.2. The van der Waals surface area contributed by atoms with E-state index in [1.165, 1.54) is 37.0 Å². The largest absolute Gasteiger partial charge is 0.384 e. The van der Waals surface area contributed by atoms with Crippen LogP contribution in [-0.4, -0.2) is 16.7 Å². The Morgan fingerprint density at radius 3 is 2.56 bits per heavy atom. The van der Waals surface area contributed by atoms with E-state index in [4.69, 9.17) is 16.1 Å². The summed E-state index contributed by atoms with van der Waals surface area (Å²) in [6.07, 6.45) is 7.25. The highest BCUT2D eigenvalue weighted by Gasteiger charge is 2.45. The summed E-state index contributed by atoms with van der Waals surface area (Å²) in [5, 5.41) is 16.5. The van der Waals surface area contributed by atoms with Crippen molar-refractivity contribution >= 4 is 17.2 Å². The Kier molecular flexibility index (Phi) is 3.86. The van der Waals surface area contributed by atoms with Gasteiger partial charge in [0.1, 0.15) is 5.82 Å². The number of anilines is 2. The number of nitrogens with zero attached hydrogens (tertiary/aromatic N) is 4. The molecule has 27 heavy (non-hydrogen) atoms. The number of hydrazone groups is 1. The number of aromatic nitrogens is 1. The minimum atomic E-state index is 0.404. The molecular formula is C22H23N5. The number of rotatable bonds is 2. The second-order valence-corrected chi connectivity index (χ2v) is 7.90. The third-order valence-corrected chi connectivity index (χ3v) is 6.37. The van der Waals surface area contributed by atoms with E-state index in [2.05, 4.69) is 22.1 Å². The van der Waals surface area contributed by atoms with Crippen LogP contribution in [0.1, 0.15) is 48.9 Å². The number of fused-ring (bicyclic) bond motifs is 3. The molecule has 5 heteroatoms. The smallest absolute Gasteiger partial charge is 0.123 e. The second kappa shape index (κ2) is 6.38. The fourth-order valence-corrected chi connectivity index (χ4v) is 5.13. The van der Waals surface area contributed by atoms with Crippen LogP contribution in [0, 0.1) is 23.2 Å². The van der Waals surface area contributed by atoms with Crippen molar-refractivity contribution in [2.75, 3.05) is 10.7 Å². The Bertz CT molecular complexity index is 934. The normalized spacial score (nSPS) is 24.3. The zero-order valence-corrected chi connectivity index (χ0v) is 15.3. The lowest BCUT2D eigenvalue weighted by Crippen LogP contribution is -2.40.